The number of nitrogens with zero attached hydrogens (tertiary/aromatic N) is 1. The van der Waals surface area contributed by atoms with Gasteiger partial charge in [0, 0.05) is 0 Å². The Hall–Kier alpha value is -2.82. The predicted molar refractivity (Wildman–Crippen MR) is 80.8 cm³/mol. The normalized spacial score (nSPS) is 11.0. The fraction of sp³-hybridized carbons (Fsp3) is 0.125. The number of carbonyl (C=O) groups is 1. The maximum absolute atomic E-state index is 11.9. The minimum atomic E-state index is -0.457. The van der Waals surface area contributed by atoms with Gasteiger partial charge in [-0.2, -0.15) is 5.10 Å². The van der Waals surface area contributed by atoms with Crippen LogP contribution in [0.3, 0.4) is 0 Å². The van der Waals surface area contributed by atoms with E-state index in [1.165, 1.54) is 12.1 Å². The molecule has 0 aliphatic carbocycles. The highest BCUT2D eigenvalue weighted by atomic mass is 16.5. The van der Waals surface area contributed by atoms with Gasteiger partial charge in [-0.25, -0.2) is 5.43 Å². The molecule has 5 nitrogen and oxygen atoms in total. The van der Waals surface area contributed by atoms with Gasteiger partial charge in [0.05, 0.1) is 18.4 Å². The van der Waals surface area contributed by atoms with E-state index in [9.17, 15) is 9.90 Å². The van der Waals surface area contributed by atoms with Gasteiger partial charge in [-0.15, -0.1) is 0 Å². The molecule has 0 bridgehead atoms. The molecule has 0 saturated heterocycles. The number of hydrogen-bond acceptors (Lipinski definition) is 4. The molecule has 0 atom stereocenters. The quantitative estimate of drug-likeness (QED) is 0.669. The number of phenols is 1. The highest BCUT2D eigenvalue weighted by molar-refractivity contribution is 6.01. The van der Waals surface area contributed by atoms with E-state index in [4.69, 9.17) is 4.74 Å². The van der Waals surface area contributed by atoms with E-state index >= 15 is 0 Å². The fourth-order valence-corrected chi connectivity index (χ4v) is 1.76. The minimum absolute atomic E-state index is 0.0766. The van der Waals surface area contributed by atoms with Gasteiger partial charge in [0.25, 0.3) is 5.91 Å². The molecule has 0 heterocycles. The minimum Gasteiger partial charge on any atom is -0.507 e. The number of hydrogen-bond donors (Lipinski definition) is 2. The molecule has 0 spiro atoms. The molecular formula is C16H16N2O3. The molecular weight excluding hydrogens is 268 g/mol. The largest absolute Gasteiger partial charge is 0.507 e. The molecule has 0 saturated carbocycles. The van der Waals surface area contributed by atoms with Crippen molar-refractivity contribution in [3.8, 4) is 11.5 Å². The average Bonchev–Trinajstić information content (AvgIpc) is 2.52. The summed E-state index contributed by atoms with van der Waals surface area (Å²) in [5, 5.41) is 13.6. The van der Waals surface area contributed by atoms with E-state index in [-0.39, 0.29) is 11.3 Å². The summed E-state index contributed by atoms with van der Waals surface area (Å²) in [6, 6.07) is 13.6. The van der Waals surface area contributed by atoms with Crippen molar-refractivity contribution in [2.24, 2.45) is 5.10 Å². The van der Waals surface area contributed by atoms with Crippen molar-refractivity contribution in [1.82, 2.24) is 5.43 Å². The van der Waals surface area contributed by atoms with Crippen molar-refractivity contribution >= 4 is 11.6 Å². The van der Waals surface area contributed by atoms with Crippen LogP contribution in [-0.2, 0) is 0 Å². The fourth-order valence-electron chi connectivity index (χ4n) is 1.76. The van der Waals surface area contributed by atoms with Crippen LogP contribution in [0.5, 0.6) is 11.5 Å². The van der Waals surface area contributed by atoms with Crippen LogP contribution in [-0.4, -0.2) is 23.8 Å². The first-order valence-corrected chi connectivity index (χ1v) is 6.39. The first-order valence-electron chi connectivity index (χ1n) is 6.39. The molecule has 2 N–H and O–H groups in total. The standard InChI is InChI=1S/C16H16N2O3/c1-11(12-7-9-13(21-2)10-8-12)17-18-16(20)14-5-3-4-6-15(14)19/h3-10,19H,1-2H3,(H,18,20)/b17-11-. The summed E-state index contributed by atoms with van der Waals surface area (Å²) >= 11 is 0. The van der Waals surface area contributed by atoms with E-state index in [0.717, 1.165) is 11.3 Å². The molecule has 0 fully saturated rings. The van der Waals surface area contributed by atoms with Crippen molar-refractivity contribution in [2.45, 2.75) is 6.92 Å². The molecule has 2 rings (SSSR count). The highest BCUT2D eigenvalue weighted by Gasteiger charge is 2.09. The number of amides is 1. The Labute approximate surface area is 122 Å². The summed E-state index contributed by atoms with van der Waals surface area (Å²) in [6.45, 7) is 1.78. The highest BCUT2D eigenvalue weighted by Crippen LogP contribution is 2.15. The topological polar surface area (TPSA) is 70.9 Å². The van der Waals surface area contributed by atoms with Crippen molar-refractivity contribution in [3.05, 3.63) is 59.7 Å². The number of aromatic hydroxyl groups is 1. The number of benzene rings is 2. The Morgan fingerprint density at radius 3 is 2.43 bits per heavy atom. The first-order chi connectivity index (χ1) is 10.1. The summed E-state index contributed by atoms with van der Waals surface area (Å²) in [7, 11) is 1.60. The van der Waals surface area contributed by atoms with Crippen LogP contribution >= 0.6 is 0 Å². The molecule has 0 radical (unpaired) electrons. The zero-order valence-electron chi connectivity index (χ0n) is 11.8. The second-order valence-electron chi connectivity index (χ2n) is 4.38. The van der Waals surface area contributed by atoms with E-state index in [1.54, 1.807) is 26.2 Å². The van der Waals surface area contributed by atoms with Crippen LogP contribution in [0.1, 0.15) is 22.8 Å². The van der Waals surface area contributed by atoms with Gasteiger partial charge in [0.2, 0.25) is 0 Å². The summed E-state index contributed by atoms with van der Waals surface area (Å²) in [4.78, 5) is 11.9. The zero-order chi connectivity index (χ0) is 15.2. The molecule has 5 heteroatoms. The van der Waals surface area contributed by atoms with E-state index < -0.39 is 5.91 Å². The van der Waals surface area contributed by atoms with E-state index in [2.05, 4.69) is 10.5 Å². The van der Waals surface area contributed by atoms with Crippen LogP contribution in [0.2, 0.25) is 0 Å². The molecule has 108 valence electrons. The third kappa shape index (κ3) is 3.60. The molecule has 0 aromatic heterocycles. The van der Waals surface area contributed by atoms with Crippen LogP contribution in [0.4, 0.5) is 0 Å². The molecule has 0 aliphatic rings. The average molecular weight is 284 g/mol. The van der Waals surface area contributed by atoms with Gasteiger partial charge in [0.1, 0.15) is 11.5 Å². The van der Waals surface area contributed by atoms with Crippen molar-refractivity contribution in [2.75, 3.05) is 7.11 Å². The number of rotatable bonds is 4. The molecule has 2 aromatic rings. The Balaban J connectivity index is 2.09. The first kappa shape index (κ1) is 14.6. The van der Waals surface area contributed by atoms with Gasteiger partial charge in [-0.1, -0.05) is 12.1 Å². The molecule has 0 unspecified atom stereocenters. The Bertz CT molecular complexity index is 663. The second kappa shape index (κ2) is 6.56. The summed E-state index contributed by atoms with van der Waals surface area (Å²) in [5.74, 6) is 0.220. The lowest BCUT2D eigenvalue weighted by Gasteiger charge is -2.05. The number of nitrogens with one attached hydrogen (secondary N) is 1. The molecule has 0 aliphatic heterocycles. The monoisotopic (exact) mass is 284 g/mol. The molecule has 21 heavy (non-hydrogen) atoms. The maximum Gasteiger partial charge on any atom is 0.275 e. The van der Waals surface area contributed by atoms with Gasteiger partial charge < -0.3 is 9.84 Å². The third-order valence-electron chi connectivity index (χ3n) is 2.98. The van der Waals surface area contributed by atoms with Crippen LogP contribution < -0.4 is 10.2 Å². The number of ether oxygens (including phenoxy) is 1. The van der Waals surface area contributed by atoms with Gasteiger partial charge in [-0.05, 0) is 48.9 Å². The van der Waals surface area contributed by atoms with E-state index in [0.29, 0.717) is 5.71 Å². The summed E-state index contributed by atoms with van der Waals surface area (Å²) in [5.41, 5.74) is 4.13. The molecule has 1 amide bonds. The maximum atomic E-state index is 11.9. The number of phenolic OH excluding ortho intramolecular Hbond substituents is 1. The van der Waals surface area contributed by atoms with Crippen molar-refractivity contribution in [1.29, 1.82) is 0 Å². The van der Waals surface area contributed by atoms with Gasteiger partial charge >= 0.3 is 0 Å². The lowest BCUT2D eigenvalue weighted by Crippen LogP contribution is -2.19. The van der Waals surface area contributed by atoms with Crippen LogP contribution in [0.25, 0.3) is 0 Å². The number of hydrazone groups is 1. The summed E-state index contributed by atoms with van der Waals surface area (Å²) in [6.07, 6.45) is 0. The molecule has 2 aromatic carbocycles. The number of carbonyl (C=O) groups excluding carboxylic acids is 1. The lowest BCUT2D eigenvalue weighted by molar-refractivity contribution is 0.0952. The smallest absolute Gasteiger partial charge is 0.275 e. The van der Waals surface area contributed by atoms with Crippen molar-refractivity contribution in [3.63, 3.8) is 0 Å². The third-order valence-corrected chi connectivity index (χ3v) is 2.98. The number of para-hydroxylation sites is 1. The van der Waals surface area contributed by atoms with Crippen molar-refractivity contribution < 1.29 is 14.6 Å². The number of methoxy groups -OCH3 is 1. The lowest BCUT2D eigenvalue weighted by atomic mass is 10.1. The Kier molecular flexibility index (Phi) is 4.56. The zero-order valence-corrected chi connectivity index (χ0v) is 11.8. The Morgan fingerprint density at radius 1 is 1.14 bits per heavy atom. The van der Waals surface area contributed by atoms with Crippen LogP contribution in [0.15, 0.2) is 53.6 Å². The summed E-state index contributed by atoms with van der Waals surface area (Å²) < 4.78 is 5.08. The van der Waals surface area contributed by atoms with E-state index in [1.807, 2.05) is 24.3 Å². The van der Waals surface area contributed by atoms with Crippen LogP contribution in [0, 0.1) is 0 Å². The second-order valence-corrected chi connectivity index (χ2v) is 4.38. The Morgan fingerprint density at radius 2 is 1.81 bits per heavy atom. The predicted octanol–water partition coefficient (Wildman–Crippen LogP) is 2.55. The van der Waals surface area contributed by atoms with Gasteiger partial charge in [0.15, 0.2) is 0 Å². The SMILES string of the molecule is COc1ccc(/C(C)=N\NC(=O)c2ccccc2O)cc1. The van der Waals surface area contributed by atoms with Gasteiger partial charge in [-0.3, -0.25) is 4.79 Å².